The zero-order valence-electron chi connectivity index (χ0n) is 9.82. The van der Waals surface area contributed by atoms with Gasteiger partial charge < -0.3 is 10.4 Å². The molecule has 1 aromatic rings. The molecule has 0 fully saturated rings. The molecular weight excluding hydrogens is 200 g/mol. The van der Waals surface area contributed by atoms with E-state index in [0.29, 0.717) is 6.54 Å². The fourth-order valence-electron chi connectivity index (χ4n) is 2.21. The molecule has 1 atom stereocenters. The molecule has 0 amide bonds. The molecule has 0 radical (unpaired) electrons. The summed E-state index contributed by atoms with van der Waals surface area (Å²) in [4.78, 5) is 2.30. The van der Waals surface area contributed by atoms with Crippen LogP contribution in [0.3, 0.4) is 0 Å². The Morgan fingerprint density at radius 3 is 2.50 bits per heavy atom. The molecule has 0 bridgehead atoms. The fraction of sp³-hybridized carbons (Fsp3) is 0.538. The normalized spacial score (nSPS) is 17.4. The van der Waals surface area contributed by atoms with Gasteiger partial charge in [-0.25, -0.2) is 0 Å². The molecule has 88 valence electrons. The summed E-state index contributed by atoms with van der Waals surface area (Å²) >= 11 is 0. The van der Waals surface area contributed by atoms with Gasteiger partial charge in [0.05, 0.1) is 6.10 Å². The minimum atomic E-state index is -0.269. The van der Waals surface area contributed by atoms with Crippen LogP contribution in [0, 0.1) is 0 Å². The molecule has 2 rings (SSSR count). The molecule has 0 saturated carbocycles. The van der Waals surface area contributed by atoms with E-state index >= 15 is 0 Å². The van der Waals surface area contributed by atoms with Gasteiger partial charge in [-0.3, -0.25) is 4.90 Å². The number of likely N-dealkylation sites (N-methyl/N-ethyl adjacent to an activating group) is 1. The second kappa shape index (κ2) is 5.43. The smallest absolute Gasteiger partial charge is 0.0791 e. The van der Waals surface area contributed by atoms with Crippen molar-refractivity contribution in [2.45, 2.75) is 26.1 Å². The maximum Gasteiger partial charge on any atom is 0.0791 e. The van der Waals surface area contributed by atoms with Crippen LogP contribution in [0.25, 0.3) is 0 Å². The Bertz CT molecular complexity index is 315. The molecule has 0 aromatic heterocycles. The van der Waals surface area contributed by atoms with E-state index in [0.717, 1.165) is 26.2 Å². The lowest BCUT2D eigenvalue weighted by Crippen LogP contribution is -2.36. The molecule has 1 heterocycles. The number of aliphatic hydroxyl groups excluding tert-OH is 1. The van der Waals surface area contributed by atoms with E-state index in [1.807, 2.05) is 0 Å². The highest BCUT2D eigenvalue weighted by molar-refractivity contribution is 5.30. The van der Waals surface area contributed by atoms with Crippen molar-refractivity contribution in [2.75, 3.05) is 19.6 Å². The average molecular weight is 220 g/mol. The number of nitrogens with zero attached hydrogens (tertiary/aromatic N) is 1. The Morgan fingerprint density at radius 2 is 1.94 bits per heavy atom. The van der Waals surface area contributed by atoms with Crippen molar-refractivity contribution in [1.82, 2.24) is 10.2 Å². The predicted molar refractivity (Wildman–Crippen MR) is 65.1 cm³/mol. The van der Waals surface area contributed by atoms with Gasteiger partial charge in [0.1, 0.15) is 0 Å². The predicted octanol–water partition coefficient (Wildman–Crippen LogP) is 0.973. The Kier molecular flexibility index (Phi) is 3.93. The third-order valence-corrected chi connectivity index (χ3v) is 3.01. The Hall–Kier alpha value is -0.900. The molecular formula is C13H20N2O. The third-order valence-electron chi connectivity index (χ3n) is 3.01. The number of nitrogens with one attached hydrogen (secondary N) is 1. The average Bonchev–Trinajstić information content (AvgIpc) is 2.68. The molecule has 16 heavy (non-hydrogen) atoms. The van der Waals surface area contributed by atoms with Crippen LogP contribution in [0.1, 0.15) is 18.1 Å². The van der Waals surface area contributed by atoms with Crippen LogP contribution < -0.4 is 5.32 Å². The lowest BCUT2D eigenvalue weighted by Gasteiger charge is -2.19. The lowest BCUT2D eigenvalue weighted by atomic mass is 10.1. The second-order valence-electron chi connectivity index (χ2n) is 4.40. The second-order valence-corrected chi connectivity index (χ2v) is 4.40. The zero-order valence-corrected chi connectivity index (χ0v) is 9.82. The lowest BCUT2D eigenvalue weighted by molar-refractivity contribution is 0.111. The largest absolute Gasteiger partial charge is 0.390 e. The topological polar surface area (TPSA) is 35.5 Å². The molecule has 1 unspecified atom stereocenters. The van der Waals surface area contributed by atoms with Crippen LogP contribution >= 0.6 is 0 Å². The van der Waals surface area contributed by atoms with Gasteiger partial charge >= 0.3 is 0 Å². The van der Waals surface area contributed by atoms with Crippen LogP contribution in [-0.4, -0.2) is 35.7 Å². The van der Waals surface area contributed by atoms with Crippen LogP contribution in [0.5, 0.6) is 0 Å². The van der Waals surface area contributed by atoms with Gasteiger partial charge in [-0.05, 0) is 17.7 Å². The molecule has 1 aliphatic rings. The van der Waals surface area contributed by atoms with Gasteiger partial charge in [0.25, 0.3) is 0 Å². The molecule has 3 heteroatoms. The van der Waals surface area contributed by atoms with E-state index in [1.54, 1.807) is 0 Å². The molecule has 1 aromatic carbocycles. The van der Waals surface area contributed by atoms with E-state index in [-0.39, 0.29) is 6.10 Å². The van der Waals surface area contributed by atoms with Gasteiger partial charge in [0.2, 0.25) is 0 Å². The number of aliphatic hydroxyl groups is 1. The summed E-state index contributed by atoms with van der Waals surface area (Å²) in [5.41, 5.74) is 2.80. The SMILES string of the molecule is CCNCC(O)CN1Cc2ccccc2C1. The first kappa shape index (κ1) is 11.6. The Morgan fingerprint density at radius 1 is 1.31 bits per heavy atom. The fourth-order valence-corrected chi connectivity index (χ4v) is 2.21. The number of benzene rings is 1. The quantitative estimate of drug-likeness (QED) is 0.776. The van der Waals surface area contributed by atoms with Crippen molar-refractivity contribution in [3.05, 3.63) is 35.4 Å². The van der Waals surface area contributed by atoms with Gasteiger partial charge in [0, 0.05) is 26.2 Å². The maximum atomic E-state index is 9.82. The molecule has 1 aliphatic heterocycles. The summed E-state index contributed by atoms with van der Waals surface area (Å²) in [6.45, 7) is 6.35. The van der Waals surface area contributed by atoms with Crippen molar-refractivity contribution >= 4 is 0 Å². The van der Waals surface area contributed by atoms with E-state index in [1.165, 1.54) is 11.1 Å². The highest BCUT2D eigenvalue weighted by atomic mass is 16.3. The van der Waals surface area contributed by atoms with E-state index in [4.69, 9.17) is 0 Å². The van der Waals surface area contributed by atoms with Crippen molar-refractivity contribution in [2.24, 2.45) is 0 Å². The number of fused-ring (bicyclic) bond motifs is 1. The first-order valence-corrected chi connectivity index (χ1v) is 5.97. The van der Waals surface area contributed by atoms with E-state index in [9.17, 15) is 5.11 Å². The molecule has 2 N–H and O–H groups in total. The van der Waals surface area contributed by atoms with Crippen molar-refractivity contribution in [3.63, 3.8) is 0 Å². The van der Waals surface area contributed by atoms with Crippen LogP contribution in [0.2, 0.25) is 0 Å². The van der Waals surface area contributed by atoms with E-state index < -0.39 is 0 Å². The highest BCUT2D eigenvalue weighted by Gasteiger charge is 2.20. The molecule has 0 saturated heterocycles. The molecule has 0 aliphatic carbocycles. The highest BCUT2D eigenvalue weighted by Crippen LogP contribution is 2.21. The summed E-state index contributed by atoms with van der Waals surface area (Å²) in [6.07, 6.45) is -0.269. The standard InChI is InChI=1S/C13H20N2O/c1-2-14-7-13(16)10-15-8-11-5-3-4-6-12(11)9-15/h3-6,13-14,16H,2,7-10H2,1H3. The summed E-state index contributed by atoms with van der Waals surface area (Å²) in [5.74, 6) is 0. The molecule has 0 spiro atoms. The van der Waals surface area contributed by atoms with Crippen LogP contribution in [0.4, 0.5) is 0 Å². The summed E-state index contributed by atoms with van der Waals surface area (Å²) in [7, 11) is 0. The van der Waals surface area contributed by atoms with Crippen molar-refractivity contribution in [3.8, 4) is 0 Å². The minimum absolute atomic E-state index is 0.269. The summed E-state index contributed by atoms with van der Waals surface area (Å²) < 4.78 is 0. The number of rotatable bonds is 5. The monoisotopic (exact) mass is 220 g/mol. The first-order chi connectivity index (χ1) is 7.79. The minimum Gasteiger partial charge on any atom is -0.390 e. The third kappa shape index (κ3) is 2.82. The maximum absolute atomic E-state index is 9.82. The Balaban J connectivity index is 1.82. The number of β-amino-alcohol motifs (C(OH)–C–C–N with tert-alkyl or cyclic N) is 1. The van der Waals surface area contributed by atoms with Gasteiger partial charge in [0.15, 0.2) is 0 Å². The van der Waals surface area contributed by atoms with Crippen molar-refractivity contribution in [1.29, 1.82) is 0 Å². The van der Waals surface area contributed by atoms with Gasteiger partial charge in [-0.2, -0.15) is 0 Å². The zero-order chi connectivity index (χ0) is 11.4. The summed E-state index contributed by atoms with van der Waals surface area (Å²) in [5, 5.41) is 13.0. The van der Waals surface area contributed by atoms with Crippen LogP contribution in [0.15, 0.2) is 24.3 Å². The van der Waals surface area contributed by atoms with Gasteiger partial charge in [-0.1, -0.05) is 31.2 Å². The first-order valence-electron chi connectivity index (χ1n) is 5.97. The Labute approximate surface area is 97.1 Å². The van der Waals surface area contributed by atoms with Crippen molar-refractivity contribution < 1.29 is 5.11 Å². The number of hydrogen-bond donors (Lipinski definition) is 2. The van der Waals surface area contributed by atoms with E-state index in [2.05, 4.69) is 41.4 Å². The summed E-state index contributed by atoms with van der Waals surface area (Å²) in [6, 6.07) is 8.51. The van der Waals surface area contributed by atoms with Gasteiger partial charge in [-0.15, -0.1) is 0 Å². The van der Waals surface area contributed by atoms with Crippen LogP contribution in [-0.2, 0) is 13.1 Å². The molecule has 3 nitrogen and oxygen atoms in total. The number of hydrogen-bond acceptors (Lipinski definition) is 3.